The second-order valence-electron chi connectivity index (χ2n) is 6.41. The van der Waals surface area contributed by atoms with Crippen LogP contribution in [0.25, 0.3) is 0 Å². The predicted octanol–water partition coefficient (Wildman–Crippen LogP) is 2.59. The average molecular weight is 398 g/mol. The normalized spacial score (nSPS) is 11.2. The summed E-state index contributed by atoms with van der Waals surface area (Å²) in [6, 6.07) is 18.0. The summed E-state index contributed by atoms with van der Waals surface area (Å²) in [5, 5.41) is 5.27. The third kappa shape index (κ3) is 8.47. The van der Waals surface area contributed by atoms with Gasteiger partial charge >= 0.3 is 12.1 Å². The number of carbonyl (C=O) groups excluding carboxylic acids is 3. The first-order chi connectivity index (χ1) is 14.1. The molecule has 2 N–H and O–H groups in total. The van der Waals surface area contributed by atoms with Crippen molar-refractivity contribution in [3.63, 3.8) is 0 Å². The number of amides is 2. The van der Waals surface area contributed by atoms with Gasteiger partial charge in [0.15, 0.2) is 0 Å². The smallest absolute Gasteiger partial charge is 0.408 e. The van der Waals surface area contributed by atoms with Gasteiger partial charge < -0.3 is 20.1 Å². The van der Waals surface area contributed by atoms with Crippen molar-refractivity contribution in [2.24, 2.45) is 0 Å². The maximum atomic E-state index is 12.0. The summed E-state index contributed by atoms with van der Waals surface area (Å²) >= 11 is 0. The Morgan fingerprint density at radius 2 is 1.55 bits per heavy atom. The number of methoxy groups -OCH3 is 1. The number of carbonyl (C=O) groups is 3. The number of benzene rings is 2. The van der Waals surface area contributed by atoms with E-state index in [0.717, 1.165) is 17.5 Å². The van der Waals surface area contributed by atoms with Crippen LogP contribution >= 0.6 is 0 Å². The molecule has 0 aliphatic carbocycles. The van der Waals surface area contributed by atoms with E-state index in [9.17, 15) is 14.4 Å². The molecule has 0 unspecified atom stereocenters. The van der Waals surface area contributed by atoms with E-state index in [0.29, 0.717) is 6.54 Å². The van der Waals surface area contributed by atoms with Crippen molar-refractivity contribution in [2.75, 3.05) is 13.7 Å². The van der Waals surface area contributed by atoms with Crippen molar-refractivity contribution in [3.05, 3.63) is 71.8 Å². The number of ether oxygens (including phenoxy) is 2. The van der Waals surface area contributed by atoms with Crippen molar-refractivity contribution in [3.8, 4) is 0 Å². The third-order valence-electron chi connectivity index (χ3n) is 4.23. The van der Waals surface area contributed by atoms with Gasteiger partial charge in [0.05, 0.1) is 7.11 Å². The molecule has 0 spiro atoms. The van der Waals surface area contributed by atoms with E-state index in [1.165, 1.54) is 7.11 Å². The highest BCUT2D eigenvalue weighted by Crippen LogP contribution is 2.04. The summed E-state index contributed by atoms with van der Waals surface area (Å²) in [6.07, 6.45) is 0.170. The summed E-state index contributed by atoms with van der Waals surface area (Å²) in [6.45, 7) is 0.582. The molecule has 0 aliphatic heterocycles. The highest BCUT2D eigenvalue weighted by Gasteiger charge is 2.23. The zero-order valence-corrected chi connectivity index (χ0v) is 16.4. The lowest BCUT2D eigenvalue weighted by Crippen LogP contribution is -2.42. The topological polar surface area (TPSA) is 93.7 Å². The molecule has 0 saturated heterocycles. The Bertz CT molecular complexity index is 780. The second kappa shape index (κ2) is 12.2. The molecular formula is C22H26N2O5. The second-order valence-corrected chi connectivity index (χ2v) is 6.41. The fraction of sp³-hybridized carbons (Fsp3) is 0.318. The Balaban J connectivity index is 1.73. The molecule has 0 aliphatic rings. The van der Waals surface area contributed by atoms with Gasteiger partial charge in [0, 0.05) is 13.0 Å². The SMILES string of the molecule is COC(=O)[C@H](CCC(=O)NCCc1ccccc1)NC(=O)OCc1ccccc1. The molecule has 0 bridgehead atoms. The van der Waals surface area contributed by atoms with E-state index >= 15 is 0 Å². The molecule has 2 amide bonds. The maximum Gasteiger partial charge on any atom is 0.408 e. The predicted molar refractivity (Wildman–Crippen MR) is 108 cm³/mol. The third-order valence-corrected chi connectivity index (χ3v) is 4.23. The van der Waals surface area contributed by atoms with Gasteiger partial charge in [-0.15, -0.1) is 0 Å². The van der Waals surface area contributed by atoms with Crippen molar-refractivity contribution in [1.29, 1.82) is 0 Å². The molecule has 0 fully saturated rings. The Labute approximate surface area is 170 Å². The van der Waals surface area contributed by atoms with Crippen molar-refractivity contribution >= 4 is 18.0 Å². The molecule has 29 heavy (non-hydrogen) atoms. The first-order valence-electron chi connectivity index (χ1n) is 9.44. The summed E-state index contributed by atoms with van der Waals surface area (Å²) in [4.78, 5) is 35.9. The lowest BCUT2D eigenvalue weighted by Gasteiger charge is -2.16. The Morgan fingerprint density at radius 3 is 2.17 bits per heavy atom. The van der Waals surface area contributed by atoms with Crippen molar-refractivity contribution in [1.82, 2.24) is 10.6 Å². The summed E-state index contributed by atoms with van der Waals surface area (Å²) in [7, 11) is 1.23. The van der Waals surface area contributed by atoms with Crippen LogP contribution in [0.1, 0.15) is 24.0 Å². The van der Waals surface area contributed by atoms with Crippen molar-refractivity contribution in [2.45, 2.75) is 31.9 Å². The fourth-order valence-corrected chi connectivity index (χ4v) is 2.65. The van der Waals surface area contributed by atoms with Crippen LogP contribution in [0, 0.1) is 0 Å². The largest absolute Gasteiger partial charge is 0.467 e. The van der Waals surface area contributed by atoms with E-state index in [4.69, 9.17) is 9.47 Å². The van der Waals surface area contributed by atoms with E-state index in [2.05, 4.69) is 10.6 Å². The number of hydrogen-bond donors (Lipinski definition) is 2. The van der Waals surface area contributed by atoms with Gasteiger partial charge in [-0.1, -0.05) is 60.7 Å². The molecule has 2 aromatic carbocycles. The molecule has 1 atom stereocenters. The first-order valence-corrected chi connectivity index (χ1v) is 9.44. The fourth-order valence-electron chi connectivity index (χ4n) is 2.65. The molecule has 154 valence electrons. The first kappa shape index (κ1) is 21.9. The van der Waals surface area contributed by atoms with Gasteiger partial charge in [-0.05, 0) is 24.0 Å². The van der Waals surface area contributed by atoms with E-state index in [1.807, 2.05) is 60.7 Å². The molecule has 2 rings (SSSR count). The van der Waals surface area contributed by atoms with Crippen LogP contribution < -0.4 is 10.6 Å². The zero-order valence-electron chi connectivity index (χ0n) is 16.4. The molecule has 0 heterocycles. The number of esters is 1. The van der Waals surface area contributed by atoms with Gasteiger partial charge in [0.2, 0.25) is 5.91 Å². The van der Waals surface area contributed by atoms with Crippen LogP contribution in [0.2, 0.25) is 0 Å². The highest BCUT2D eigenvalue weighted by atomic mass is 16.6. The molecule has 0 radical (unpaired) electrons. The summed E-state index contributed by atoms with van der Waals surface area (Å²) in [5.41, 5.74) is 1.96. The summed E-state index contributed by atoms with van der Waals surface area (Å²) < 4.78 is 9.82. The van der Waals surface area contributed by atoms with Gasteiger partial charge in [0.1, 0.15) is 12.6 Å². The number of alkyl carbamates (subject to hydrolysis) is 1. The standard InChI is InChI=1S/C22H26N2O5/c1-28-21(26)19(24-22(27)29-16-18-10-6-3-7-11-18)12-13-20(25)23-15-14-17-8-4-2-5-9-17/h2-11,19H,12-16H2,1H3,(H,23,25)(H,24,27)/t19-/m0/s1. The van der Waals surface area contributed by atoms with E-state index in [1.54, 1.807) is 0 Å². The van der Waals surface area contributed by atoms with Crippen LogP contribution in [0.15, 0.2) is 60.7 Å². The number of hydrogen-bond acceptors (Lipinski definition) is 5. The van der Waals surface area contributed by atoms with Crippen molar-refractivity contribution < 1.29 is 23.9 Å². The lowest BCUT2D eigenvalue weighted by atomic mass is 10.1. The zero-order chi connectivity index (χ0) is 20.9. The molecule has 7 heteroatoms. The summed E-state index contributed by atoms with van der Waals surface area (Å²) in [5.74, 6) is -0.826. The Morgan fingerprint density at radius 1 is 0.931 bits per heavy atom. The minimum absolute atomic E-state index is 0.0769. The highest BCUT2D eigenvalue weighted by molar-refractivity contribution is 5.82. The van der Waals surface area contributed by atoms with Gasteiger partial charge in [-0.2, -0.15) is 0 Å². The van der Waals surface area contributed by atoms with Crippen LogP contribution in [-0.4, -0.2) is 37.7 Å². The average Bonchev–Trinajstić information content (AvgIpc) is 2.76. The Hall–Kier alpha value is -3.35. The van der Waals surface area contributed by atoms with Crippen LogP contribution in [0.3, 0.4) is 0 Å². The van der Waals surface area contributed by atoms with E-state index in [-0.39, 0.29) is 25.4 Å². The minimum Gasteiger partial charge on any atom is -0.467 e. The van der Waals surface area contributed by atoms with Gasteiger partial charge in [-0.25, -0.2) is 9.59 Å². The van der Waals surface area contributed by atoms with Gasteiger partial charge in [0.25, 0.3) is 0 Å². The molecular weight excluding hydrogens is 372 g/mol. The van der Waals surface area contributed by atoms with Gasteiger partial charge in [-0.3, -0.25) is 4.79 Å². The molecule has 0 saturated carbocycles. The number of rotatable bonds is 10. The Kier molecular flexibility index (Phi) is 9.21. The minimum atomic E-state index is -0.955. The molecule has 0 aromatic heterocycles. The van der Waals surface area contributed by atoms with Crippen LogP contribution in [-0.2, 0) is 32.1 Å². The lowest BCUT2D eigenvalue weighted by molar-refractivity contribution is -0.143. The maximum absolute atomic E-state index is 12.0. The van der Waals surface area contributed by atoms with Crippen LogP contribution in [0.5, 0.6) is 0 Å². The monoisotopic (exact) mass is 398 g/mol. The quantitative estimate of drug-likeness (QED) is 0.600. The number of nitrogens with one attached hydrogen (secondary N) is 2. The van der Waals surface area contributed by atoms with E-state index < -0.39 is 18.1 Å². The van der Waals surface area contributed by atoms with Crippen LogP contribution in [0.4, 0.5) is 4.79 Å². The molecule has 7 nitrogen and oxygen atoms in total. The molecule has 2 aromatic rings.